The highest BCUT2D eigenvalue weighted by atomic mass is 16.6. The van der Waals surface area contributed by atoms with E-state index in [1.165, 1.54) is 0 Å². The number of aliphatic carboxylic acids is 1. The predicted octanol–water partition coefficient (Wildman–Crippen LogP) is 1.42. The molecular weight excluding hydrogens is 170 g/mol. The Labute approximate surface area is 79.2 Å². The smallest absolute Gasteiger partial charge is 0.303 e. The van der Waals surface area contributed by atoms with Crippen LogP contribution in [0.2, 0.25) is 0 Å². The second kappa shape index (κ2) is 6.86. The van der Waals surface area contributed by atoms with Gasteiger partial charge >= 0.3 is 5.97 Å². The molecule has 0 bridgehead atoms. The minimum atomic E-state index is -0.766. The first-order valence-corrected chi connectivity index (χ1v) is 4.61. The highest BCUT2D eigenvalue weighted by Gasteiger charge is 2.04. The third-order valence-corrected chi connectivity index (χ3v) is 1.49. The van der Waals surface area contributed by atoms with E-state index in [0.717, 1.165) is 0 Å². The average molecular weight is 189 g/mol. The largest absolute Gasteiger partial charge is 0.481 e. The molecule has 13 heavy (non-hydrogen) atoms. The number of rotatable bonds is 7. The summed E-state index contributed by atoms with van der Waals surface area (Å²) in [6.45, 7) is 6.67. The number of hydrogen-bond donors (Lipinski definition) is 2. The van der Waals surface area contributed by atoms with Gasteiger partial charge in [0.05, 0.1) is 6.61 Å². The van der Waals surface area contributed by atoms with Crippen LogP contribution in [0.4, 0.5) is 0 Å². The highest BCUT2D eigenvalue weighted by molar-refractivity contribution is 5.66. The van der Waals surface area contributed by atoms with E-state index in [1.54, 1.807) is 0 Å². The number of carboxylic acid groups (broad SMARTS) is 1. The van der Waals surface area contributed by atoms with Gasteiger partial charge in [-0.05, 0) is 19.3 Å². The Bertz CT molecular complexity index is 148. The molecule has 2 N–H and O–H groups in total. The molecule has 0 aliphatic heterocycles. The van der Waals surface area contributed by atoms with E-state index in [1.807, 2.05) is 6.92 Å². The van der Waals surface area contributed by atoms with Gasteiger partial charge < -0.3 is 9.94 Å². The van der Waals surface area contributed by atoms with Gasteiger partial charge in [0, 0.05) is 12.5 Å². The summed E-state index contributed by atoms with van der Waals surface area (Å²) in [4.78, 5) is 15.4. The Hall–Kier alpha value is -0.610. The molecule has 1 unspecified atom stereocenters. The summed E-state index contributed by atoms with van der Waals surface area (Å²) in [5.74, 6) is -0.281. The van der Waals surface area contributed by atoms with Gasteiger partial charge in [-0.15, -0.1) is 0 Å². The number of carboxylic acids is 1. The molecule has 0 radical (unpaired) electrons. The van der Waals surface area contributed by atoms with Crippen LogP contribution in [0.15, 0.2) is 0 Å². The number of hydroxylamine groups is 1. The standard InChI is InChI=1S/C9H19NO3/c1-7(2)6-13-10-8(3)4-5-9(11)12/h7-8,10H,4-6H2,1-3H3,(H,11,12). The van der Waals surface area contributed by atoms with Gasteiger partial charge in [-0.2, -0.15) is 5.48 Å². The second-order valence-electron chi connectivity index (χ2n) is 3.66. The van der Waals surface area contributed by atoms with E-state index >= 15 is 0 Å². The van der Waals surface area contributed by atoms with Crippen LogP contribution >= 0.6 is 0 Å². The Morgan fingerprint density at radius 3 is 2.54 bits per heavy atom. The lowest BCUT2D eigenvalue weighted by Crippen LogP contribution is -2.28. The fourth-order valence-corrected chi connectivity index (χ4v) is 0.756. The molecular formula is C9H19NO3. The van der Waals surface area contributed by atoms with Crippen LogP contribution in [0, 0.1) is 5.92 Å². The Morgan fingerprint density at radius 1 is 1.46 bits per heavy atom. The molecule has 0 fully saturated rings. The van der Waals surface area contributed by atoms with E-state index in [2.05, 4.69) is 19.3 Å². The summed E-state index contributed by atoms with van der Waals surface area (Å²) in [6, 6.07) is 0.0925. The first-order valence-electron chi connectivity index (χ1n) is 4.61. The zero-order chi connectivity index (χ0) is 10.3. The Balaban J connectivity index is 3.30. The van der Waals surface area contributed by atoms with Crippen molar-refractivity contribution in [1.29, 1.82) is 0 Å². The normalized spacial score (nSPS) is 13.2. The van der Waals surface area contributed by atoms with Crippen LogP contribution in [-0.2, 0) is 9.63 Å². The number of hydrogen-bond acceptors (Lipinski definition) is 3. The molecule has 78 valence electrons. The molecule has 0 amide bonds. The summed E-state index contributed by atoms with van der Waals surface area (Å²) in [6.07, 6.45) is 0.770. The molecule has 0 aromatic rings. The van der Waals surface area contributed by atoms with Gasteiger partial charge in [0.25, 0.3) is 0 Å². The van der Waals surface area contributed by atoms with E-state index < -0.39 is 5.97 Å². The summed E-state index contributed by atoms with van der Waals surface area (Å²) in [7, 11) is 0. The zero-order valence-corrected chi connectivity index (χ0v) is 8.54. The van der Waals surface area contributed by atoms with Crippen LogP contribution in [0.3, 0.4) is 0 Å². The third kappa shape index (κ3) is 9.30. The van der Waals surface area contributed by atoms with E-state index in [4.69, 9.17) is 9.94 Å². The van der Waals surface area contributed by atoms with Crippen LogP contribution in [-0.4, -0.2) is 23.7 Å². The summed E-state index contributed by atoms with van der Waals surface area (Å²) >= 11 is 0. The molecule has 0 saturated heterocycles. The Morgan fingerprint density at radius 2 is 2.08 bits per heavy atom. The Kier molecular flexibility index (Phi) is 6.54. The maximum absolute atomic E-state index is 10.2. The van der Waals surface area contributed by atoms with Crippen molar-refractivity contribution in [1.82, 2.24) is 5.48 Å². The molecule has 1 atom stereocenters. The van der Waals surface area contributed by atoms with Crippen molar-refractivity contribution in [2.45, 2.75) is 39.7 Å². The third-order valence-electron chi connectivity index (χ3n) is 1.49. The molecule has 0 aromatic carbocycles. The summed E-state index contributed by atoms with van der Waals surface area (Å²) in [5, 5.41) is 8.41. The van der Waals surface area contributed by atoms with E-state index in [0.29, 0.717) is 18.9 Å². The minimum absolute atomic E-state index is 0.0925. The summed E-state index contributed by atoms with van der Waals surface area (Å²) in [5.41, 5.74) is 2.81. The average Bonchev–Trinajstić information content (AvgIpc) is 2.00. The monoisotopic (exact) mass is 189 g/mol. The zero-order valence-electron chi connectivity index (χ0n) is 8.54. The van der Waals surface area contributed by atoms with Gasteiger partial charge in [0.1, 0.15) is 0 Å². The predicted molar refractivity (Wildman–Crippen MR) is 50.3 cm³/mol. The van der Waals surface area contributed by atoms with Gasteiger partial charge in [-0.25, -0.2) is 0 Å². The van der Waals surface area contributed by atoms with Crippen molar-refractivity contribution in [2.75, 3.05) is 6.61 Å². The molecule has 4 heteroatoms. The fraction of sp³-hybridized carbons (Fsp3) is 0.889. The first-order chi connectivity index (χ1) is 6.02. The minimum Gasteiger partial charge on any atom is -0.481 e. The van der Waals surface area contributed by atoms with Crippen LogP contribution in [0.25, 0.3) is 0 Å². The van der Waals surface area contributed by atoms with Crippen molar-refractivity contribution in [3.05, 3.63) is 0 Å². The first kappa shape index (κ1) is 12.4. The topological polar surface area (TPSA) is 58.6 Å². The van der Waals surface area contributed by atoms with Gasteiger partial charge in [-0.3, -0.25) is 4.79 Å². The molecule has 0 spiro atoms. The van der Waals surface area contributed by atoms with E-state index in [9.17, 15) is 4.79 Å². The molecule has 0 rings (SSSR count). The highest BCUT2D eigenvalue weighted by Crippen LogP contribution is 1.97. The van der Waals surface area contributed by atoms with Gasteiger partial charge in [0.2, 0.25) is 0 Å². The number of nitrogens with one attached hydrogen (secondary N) is 1. The van der Waals surface area contributed by atoms with Crippen molar-refractivity contribution < 1.29 is 14.7 Å². The van der Waals surface area contributed by atoms with Crippen LogP contribution < -0.4 is 5.48 Å². The molecule has 0 aliphatic carbocycles. The number of carbonyl (C=O) groups is 1. The molecule has 0 saturated carbocycles. The van der Waals surface area contributed by atoms with Crippen molar-refractivity contribution in [3.8, 4) is 0 Å². The molecule has 0 aliphatic rings. The fourth-order valence-electron chi connectivity index (χ4n) is 0.756. The SMILES string of the molecule is CC(C)CONC(C)CCC(=O)O. The van der Waals surface area contributed by atoms with Crippen molar-refractivity contribution in [2.24, 2.45) is 5.92 Å². The lowest BCUT2D eigenvalue weighted by molar-refractivity contribution is -0.137. The molecule has 0 heterocycles. The lowest BCUT2D eigenvalue weighted by atomic mass is 10.2. The lowest BCUT2D eigenvalue weighted by Gasteiger charge is -2.13. The molecule has 4 nitrogen and oxygen atoms in total. The van der Waals surface area contributed by atoms with E-state index in [-0.39, 0.29) is 12.5 Å². The summed E-state index contributed by atoms with van der Waals surface area (Å²) < 4.78 is 0. The maximum atomic E-state index is 10.2. The van der Waals surface area contributed by atoms with Crippen molar-refractivity contribution in [3.63, 3.8) is 0 Å². The van der Waals surface area contributed by atoms with Gasteiger partial charge in [0.15, 0.2) is 0 Å². The van der Waals surface area contributed by atoms with Crippen LogP contribution in [0.5, 0.6) is 0 Å². The maximum Gasteiger partial charge on any atom is 0.303 e. The van der Waals surface area contributed by atoms with Crippen molar-refractivity contribution >= 4 is 5.97 Å². The van der Waals surface area contributed by atoms with Crippen LogP contribution in [0.1, 0.15) is 33.6 Å². The second-order valence-corrected chi connectivity index (χ2v) is 3.66. The quantitative estimate of drug-likeness (QED) is 0.595. The molecule has 0 aromatic heterocycles. The van der Waals surface area contributed by atoms with Gasteiger partial charge in [-0.1, -0.05) is 13.8 Å².